The molecule has 0 aliphatic carbocycles. The second kappa shape index (κ2) is 4.61. The van der Waals surface area contributed by atoms with E-state index in [-0.39, 0.29) is 0 Å². The average molecular weight is 275 g/mol. The molecule has 0 aromatic carbocycles. The maximum Gasteiger partial charge on any atom is 0.245 e. The third-order valence-corrected chi connectivity index (χ3v) is 5.04. The second-order valence-electron chi connectivity index (χ2n) is 5.28. The smallest absolute Gasteiger partial charge is 0.245 e. The van der Waals surface area contributed by atoms with E-state index in [1.165, 1.54) is 12.8 Å². The van der Waals surface area contributed by atoms with Crippen LogP contribution in [0.3, 0.4) is 0 Å². The minimum atomic E-state index is 0.570. The highest BCUT2D eigenvalue weighted by atomic mass is 32.1. The van der Waals surface area contributed by atoms with Crippen LogP contribution in [0, 0.1) is 5.92 Å². The number of nitrogens with one attached hydrogen (secondary N) is 2. The van der Waals surface area contributed by atoms with Crippen molar-refractivity contribution in [3.8, 4) is 10.7 Å². The van der Waals surface area contributed by atoms with Gasteiger partial charge in [-0.05, 0) is 30.2 Å². The number of piperidine rings is 1. The summed E-state index contributed by atoms with van der Waals surface area (Å²) in [5.74, 6) is 2.51. The standard InChI is InChI=1S/C13H17N5S/c1-3-9-7-14-8-10(9)18(5-1)13-15-12(16-17-13)11-4-2-6-19-11/h2,4,6,9-10,14H,1,3,5,7-8H2,(H,15,16,17). The third-order valence-electron chi connectivity index (χ3n) is 4.16. The summed E-state index contributed by atoms with van der Waals surface area (Å²) in [4.78, 5) is 8.21. The van der Waals surface area contributed by atoms with Gasteiger partial charge < -0.3 is 10.2 Å². The zero-order valence-corrected chi connectivity index (χ0v) is 11.5. The van der Waals surface area contributed by atoms with Crippen molar-refractivity contribution in [1.29, 1.82) is 0 Å². The summed E-state index contributed by atoms with van der Waals surface area (Å²) in [7, 11) is 0. The van der Waals surface area contributed by atoms with E-state index in [0.29, 0.717) is 6.04 Å². The highest BCUT2D eigenvalue weighted by Crippen LogP contribution is 2.30. The molecule has 100 valence electrons. The number of hydrogen-bond acceptors (Lipinski definition) is 5. The zero-order valence-electron chi connectivity index (χ0n) is 10.7. The van der Waals surface area contributed by atoms with Crippen LogP contribution in [0.25, 0.3) is 10.7 Å². The predicted octanol–water partition coefficient (Wildman–Crippen LogP) is 1.72. The molecule has 2 N–H and O–H groups in total. The number of aromatic amines is 1. The summed E-state index contributed by atoms with van der Waals surface area (Å²) < 4.78 is 0. The lowest BCUT2D eigenvalue weighted by Crippen LogP contribution is -2.45. The average Bonchev–Trinajstić information content (AvgIpc) is 3.18. The molecule has 2 aliphatic rings. The maximum atomic E-state index is 4.68. The van der Waals surface area contributed by atoms with Crippen molar-refractivity contribution in [3.05, 3.63) is 17.5 Å². The molecule has 19 heavy (non-hydrogen) atoms. The fourth-order valence-electron chi connectivity index (χ4n) is 3.22. The Hall–Kier alpha value is -1.40. The maximum absolute atomic E-state index is 4.68. The first-order chi connectivity index (χ1) is 9.42. The van der Waals surface area contributed by atoms with Crippen LogP contribution < -0.4 is 10.2 Å². The molecule has 5 nitrogen and oxygen atoms in total. The topological polar surface area (TPSA) is 56.8 Å². The predicted molar refractivity (Wildman–Crippen MR) is 76.4 cm³/mol. The Morgan fingerprint density at radius 3 is 3.26 bits per heavy atom. The van der Waals surface area contributed by atoms with Crippen LogP contribution in [0.4, 0.5) is 5.95 Å². The van der Waals surface area contributed by atoms with Gasteiger partial charge in [0, 0.05) is 25.7 Å². The summed E-state index contributed by atoms with van der Waals surface area (Å²) in [5.41, 5.74) is 0. The second-order valence-corrected chi connectivity index (χ2v) is 6.23. The molecule has 2 aliphatic heterocycles. The van der Waals surface area contributed by atoms with E-state index >= 15 is 0 Å². The highest BCUT2D eigenvalue weighted by molar-refractivity contribution is 7.13. The van der Waals surface area contributed by atoms with Gasteiger partial charge in [-0.3, -0.25) is 5.10 Å². The number of thiophene rings is 1. The summed E-state index contributed by atoms with van der Waals surface area (Å²) in [5, 5.41) is 13.1. The molecule has 2 fully saturated rings. The monoisotopic (exact) mass is 275 g/mol. The van der Waals surface area contributed by atoms with Crippen molar-refractivity contribution in [1.82, 2.24) is 20.5 Å². The molecular formula is C13H17N5S. The molecule has 2 unspecified atom stereocenters. The molecule has 0 radical (unpaired) electrons. The van der Waals surface area contributed by atoms with Crippen molar-refractivity contribution < 1.29 is 0 Å². The molecule has 4 heterocycles. The Labute approximate surface area is 116 Å². The molecule has 0 spiro atoms. The van der Waals surface area contributed by atoms with E-state index in [1.807, 2.05) is 6.07 Å². The highest BCUT2D eigenvalue weighted by Gasteiger charge is 2.36. The van der Waals surface area contributed by atoms with Crippen LogP contribution in [0.2, 0.25) is 0 Å². The molecule has 2 aromatic rings. The normalized spacial score (nSPS) is 26.6. The van der Waals surface area contributed by atoms with E-state index in [2.05, 4.69) is 36.8 Å². The van der Waals surface area contributed by atoms with Gasteiger partial charge in [0.25, 0.3) is 0 Å². The number of hydrogen-bond donors (Lipinski definition) is 2. The summed E-state index contributed by atoms with van der Waals surface area (Å²) >= 11 is 1.69. The number of rotatable bonds is 2. The van der Waals surface area contributed by atoms with Gasteiger partial charge in [0.1, 0.15) is 0 Å². The van der Waals surface area contributed by atoms with E-state index in [9.17, 15) is 0 Å². The van der Waals surface area contributed by atoms with Crippen molar-refractivity contribution in [2.75, 3.05) is 24.5 Å². The van der Waals surface area contributed by atoms with Crippen LogP contribution >= 0.6 is 11.3 Å². The van der Waals surface area contributed by atoms with Gasteiger partial charge >= 0.3 is 0 Å². The first kappa shape index (κ1) is 11.4. The third kappa shape index (κ3) is 1.95. The summed E-state index contributed by atoms with van der Waals surface area (Å²) in [6.45, 7) is 3.28. The first-order valence-electron chi connectivity index (χ1n) is 6.85. The quantitative estimate of drug-likeness (QED) is 0.876. The molecule has 2 saturated heterocycles. The molecule has 0 bridgehead atoms. The lowest BCUT2D eigenvalue weighted by molar-refractivity contribution is 0.381. The Bertz CT molecular complexity index is 549. The van der Waals surface area contributed by atoms with Crippen LogP contribution in [-0.4, -0.2) is 40.9 Å². The van der Waals surface area contributed by atoms with Gasteiger partial charge in [-0.1, -0.05) is 6.07 Å². The number of aromatic nitrogens is 3. The Morgan fingerprint density at radius 1 is 1.37 bits per heavy atom. The van der Waals surface area contributed by atoms with E-state index < -0.39 is 0 Å². The summed E-state index contributed by atoms with van der Waals surface area (Å²) in [6, 6.07) is 4.69. The largest absolute Gasteiger partial charge is 0.335 e. The summed E-state index contributed by atoms with van der Waals surface area (Å²) in [6.07, 6.45) is 2.57. The Kier molecular flexibility index (Phi) is 2.77. The molecule has 2 atom stereocenters. The van der Waals surface area contributed by atoms with Gasteiger partial charge in [-0.2, -0.15) is 4.98 Å². The van der Waals surface area contributed by atoms with Crippen LogP contribution in [-0.2, 0) is 0 Å². The van der Waals surface area contributed by atoms with Gasteiger partial charge in [-0.15, -0.1) is 16.4 Å². The molecular weight excluding hydrogens is 258 g/mol. The van der Waals surface area contributed by atoms with Gasteiger partial charge in [0.15, 0.2) is 5.82 Å². The van der Waals surface area contributed by atoms with Crippen LogP contribution in [0.15, 0.2) is 17.5 Å². The van der Waals surface area contributed by atoms with E-state index in [4.69, 9.17) is 0 Å². The van der Waals surface area contributed by atoms with Crippen molar-refractivity contribution in [3.63, 3.8) is 0 Å². The van der Waals surface area contributed by atoms with Crippen molar-refractivity contribution in [2.24, 2.45) is 5.92 Å². The van der Waals surface area contributed by atoms with E-state index in [1.54, 1.807) is 11.3 Å². The molecule has 0 amide bonds. The minimum absolute atomic E-state index is 0.570. The fourth-order valence-corrected chi connectivity index (χ4v) is 3.89. The number of H-pyrrole nitrogens is 1. The molecule has 4 rings (SSSR count). The molecule has 0 saturated carbocycles. The lowest BCUT2D eigenvalue weighted by Gasteiger charge is -2.36. The van der Waals surface area contributed by atoms with Crippen LogP contribution in [0.1, 0.15) is 12.8 Å². The number of nitrogens with zero attached hydrogens (tertiary/aromatic N) is 3. The van der Waals surface area contributed by atoms with Gasteiger partial charge in [0.05, 0.1) is 4.88 Å². The number of anilines is 1. The molecule has 2 aromatic heterocycles. The van der Waals surface area contributed by atoms with Crippen molar-refractivity contribution in [2.45, 2.75) is 18.9 Å². The zero-order chi connectivity index (χ0) is 12.7. The van der Waals surface area contributed by atoms with E-state index in [0.717, 1.165) is 42.2 Å². The Balaban J connectivity index is 1.62. The fraction of sp³-hybridized carbons (Fsp3) is 0.538. The SMILES string of the molecule is c1csc(-c2nc(N3CCCC4CNCC43)n[nH]2)c1. The first-order valence-corrected chi connectivity index (χ1v) is 7.73. The number of fused-ring (bicyclic) bond motifs is 1. The van der Waals surface area contributed by atoms with Crippen LogP contribution in [0.5, 0.6) is 0 Å². The van der Waals surface area contributed by atoms with Gasteiger partial charge in [0.2, 0.25) is 5.95 Å². The lowest BCUT2D eigenvalue weighted by atomic mass is 9.92. The minimum Gasteiger partial charge on any atom is -0.335 e. The van der Waals surface area contributed by atoms with Crippen molar-refractivity contribution >= 4 is 17.3 Å². The van der Waals surface area contributed by atoms with Gasteiger partial charge in [-0.25, -0.2) is 0 Å². The molecule has 6 heteroatoms. The Morgan fingerprint density at radius 2 is 2.37 bits per heavy atom.